The van der Waals surface area contributed by atoms with Gasteiger partial charge in [0.05, 0.1) is 11.6 Å². The van der Waals surface area contributed by atoms with E-state index in [0.717, 1.165) is 50.1 Å². The lowest BCUT2D eigenvalue weighted by Crippen LogP contribution is -2.50. The minimum absolute atomic E-state index is 0.0423. The molecule has 0 spiro atoms. The van der Waals surface area contributed by atoms with Gasteiger partial charge in [-0.2, -0.15) is 4.98 Å². The van der Waals surface area contributed by atoms with Crippen LogP contribution in [0.25, 0.3) is 0 Å². The van der Waals surface area contributed by atoms with Crippen molar-refractivity contribution >= 4 is 40.7 Å². The number of hydrogen-bond acceptors (Lipinski definition) is 9. The van der Waals surface area contributed by atoms with Gasteiger partial charge in [-0.25, -0.2) is 9.37 Å². The molecule has 2 aliphatic rings. The van der Waals surface area contributed by atoms with E-state index in [0.29, 0.717) is 48.6 Å². The Kier molecular flexibility index (Phi) is 12.1. The maximum absolute atomic E-state index is 15.2. The number of ether oxygens (including phenoxy) is 2. The number of aryl methyl sites for hydroxylation is 2. The van der Waals surface area contributed by atoms with Crippen molar-refractivity contribution in [2.24, 2.45) is 5.92 Å². The molecule has 6 rings (SSSR count). The first-order valence-electron chi connectivity index (χ1n) is 18.1. The van der Waals surface area contributed by atoms with E-state index < -0.39 is 11.7 Å². The molecule has 1 atom stereocenters. The van der Waals surface area contributed by atoms with Crippen LogP contribution in [0.5, 0.6) is 17.4 Å². The van der Waals surface area contributed by atoms with E-state index in [4.69, 9.17) is 21.1 Å². The number of hydrogen-bond donors (Lipinski definition) is 2. The summed E-state index contributed by atoms with van der Waals surface area (Å²) in [6.07, 6.45) is 3.49. The van der Waals surface area contributed by atoms with E-state index in [1.807, 2.05) is 36.9 Å². The molecule has 0 saturated carbocycles. The van der Waals surface area contributed by atoms with E-state index in [9.17, 15) is 9.59 Å². The van der Waals surface area contributed by atoms with Crippen LogP contribution < -0.4 is 20.1 Å². The van der Waals surface area contributed by atoms with Crippen molar-refractivity contribution in [2.45, 2.75) is 46.6 Å². The number of halogens is 2. The molecular formula is C40H47ClFN7O4. The van der Waals surface area contributed by atoms with Crippen LogP contribution in [-0.2, 0) is 0 Å². The molecule has 13 heteroatoms. The summed E-state index contributed by atoms with van der Waals surface area (Å²) in [4.78, 5) is 42.3. The Hall–Kier alpha value is -4.78. The Bertz CT molecular complexity index is 1930. The van der Waals surface area contributed by atoms with Gasteiger partial charge in [0.25, 0.3) is 11.8 Å². The lowest BCUT2D eigenvalue weighted by atomic mass is 10.00. The zero-order valence-corrected chi connectivity index (χ0v) is 31.7. The summed E-state index contributed by atoms with van der Waals surface area (Å²) < 4.78 is 27.2. The van der Waals surface area contributed by atoms with Gasteiger partial charge in [0.15, 0.2) is 11.6 Å². The van der Waals surface area contributed by atoms with Gasteiger partial charge in [-0.15, -0.1) is 0 Å². The van der Waals surface area contributed by atoms with Crippen molar-refractivity contribution in [3.8, 4) is 17.4 Å². The third kappa shape index (κ3) is 9.42. The molecule has 2 amide bonds. The standard InChI is InChI=1S/C40H47ClFN7O4/c1-25(2)48-16-18-49(19-17-48)39(51)29-11-13-34(32(41)20-29)53-38-31(37(50)45-36-26(3)8-6-9-27(36)4)22-43-40(46-38)44-30-12-14-35(33(42)21-30)52-24-28-10-7-15-47(5)23-28/h6,8-9,11-14,20-22,25,28H,7,10,15-19,23-24H2,1-5H3,(H,45,50)(H,43,44,46). The Balaban J connectivity index is 1.22. The molecule has 1 unspecified atom stereocenters. The smallest absolute Gasteiger partial charge is 0.262 e. The fourth-order valence-corrected chi connectivity index (χ4v) is 6.96. The lowest BCUT2D eigenvalue weighted by molar-refractivity contribution is 0.0595. The number of carbonyl (C=O) groups excluding carboxylic acids is 2. The molecule has 3 aromatic carbocycles. The highest BCUT2D eigenvalue weighted by Gasteiger charge is 2.25. The number of rotatable bonds is 11. The van der Waals surface area contributed by atoms with Gasteiger partial charge in [-0.05, 0) is 95.6 Å². The van der Waals surface area contributed by atoms with Crippen molar-refractivity contribution in [2.75, 3.05) is 63.6 Å². The molecule has 1 aromatic heterocycles. The second-order valence-corrected chi connectivity index (χ2v) is 14.6. The summed E-state index contributed by atoms with van der Waals surface area (Å²) in [7, 11) is 2.08. The third-order valence-corrected chi connectivity index (χ3v) is 10.1. The quantitative estimate of drug-likeness (QED) is 0.161. The highest BCUT2D eigenvalue weighted by molar-refractivity contribution is 6.32. The number of piperazine rings is 1. The van der Waals surface area contributed by atoms with E-state index in [1.54, 1.807) is 30.3 Å². The van der Waals surface area contributed by atoms with Crippen LogP contribution in [0.1, 0.15) is 58.5 Å². The molecule has 0 radical (unpaired) electrons. The monoisotopic (exact) mass is 743 g/mol. The van der Waals surface area contributed by atoms with Crippen LogP contribution in [-0.4, -0.2) is 95.4 Å². The summed E-state index contributed by atoms with van der Waals surface area (Å²) in [5.41, 5.74) is 3.28. The lowest BCUT2D eigenvalue weighted by Gasteiger charge is -2.37. The van der Waals surface area contributed by atoms with Crippen LogP contribution in [0.3, 0.4) is 0 Å². The Morgan fingerprint density at radius 2 is 1.74 bits per heavy atom. The Labute approximate surface area is 315 Å². The SMILES string of the molecule is Cc1cccc(C)c1NC(=O)c1cnc(Nc2ccc(OCC3CCCN(C)C3)c(F)c2)nc1Oc1ccc(C(=O)N2CCN(C(C)C)CC2)cc1Cl. The highest BCUT2D eigenvalue weighted by Crippen LogP contribution is 2.33. The molecule has 2 saturated heterocycles. The number of anilines is 3. The zero-order chi connectivity index (χ0) is 37.6. The van der Waals surface area contributed by atoms with E-state index in [2.05, 4.69) is 51.3 Å². The number of piperidine rings is 1. The molecule has 4 aromatic rings. The molecule has 280 valence electrons. The molecule has 2 N–H and O–H groups in total. The average molecular weight is 744 g/mol. The van der Waals surface area contributed by atoms with Gasteiger partial charge in [0.2, 0.25) is 11.8 Å². The Morgan fingerprint density at radius 3 is 2.42 bits per heavy atom. The maximum atomic E-state index is 15.2. The molecule has 0 aliphatic carbocycles. The normalized spacial score (nSPS) is 16.8. The van der Waals surface area contributed by atoms with Crippen molar-refractivity contribution < 1.29 is 23.5 Å². The average Bonchev–Trinajstić information content (AvgIpc) is 3.13. The molecule has 11 nitrogen and oxygen atoms in total. The van der Waals surface area contributed by atoms with E-state index in [1.165, 1.54) is 12.3 Å². The largest absolute Gasteiger partial charge is 0.490 e. The van der Waals surface area contributed by atoms with Crippen molar-refractivity contribution in [3.63, 3.8) is 0 Å². The van der Waals surface area contributed by atoms with Crippen LogP contribution >= 0.6 is 11.6 Å². The fourth-order valence-electron chi connectivity index (χ4n) is 6.74. The second kappa shape index (κ2) is 16.9. The summed E-state index contributed by atoms with van der Waals surface area (Å²) in [6.45, 7) is 13.4. The van der Waals surface area contributed by atoms with Crippen LogP contribution in [0.15, 0.2) is 60.8 Å². The predicted octanol–water partition coefficient (Wildman–Crippen LogP) is 7.56. The number of carbonyl (C=O) groups is 2. The number of para-hydroxylation sites is 1. The zero-order valence-electron chi connectivity index (χ0n) is 30.9. The van der Waals surface area contributed by atoms with Gasteiger partial charge in [0, 0.05) is 73.9 Å². The van der Waals surface area contributed by atoms with Gasteiger partial charge in [-0.1, -0.05) is 29.8 Å². The summed E-state index contributed by atoms with van der Waals surface area (Å²) in [5, 5.41) is 6.13. The number of benzene rings is 3. The first-order chi connectivity index (χ1) is 25.4. The number of nitrogens with one attached hydrogen (secondary N) is 2. The van der Waals surface area contributed by atoms with Gasteiger partial charge in [0.1, 0.15) is 11.3 Å². The first-order valence-corrected chi connectivity index (χ1v) is 18.5. The van der Waals surface area contributed by atoms with Crippen LogP contribution in [0.4, 0.5) is 21.7 Å². The summed E-state index contributed by atoms with van der Waals surface area (Å²) in [5.74, 6) is -0.460. The van der Waals surface area contributed by atoms with Gasteiger partial charge in [-0.3, -0.25) is 14.5 Å². The molecule has 3 heterocycles. The number of amides is 2. The van der Waals surface area contributed by atoms with Crippen LogP contribution in [0.2, 0.25) is 5.02 Å². The Morgan fingerprint density at radius 1 is 1.00 bits per heavy atom. The molecule has 2 fully saturated rings. The van der Waals surface area contributed by atoms with Crippen LogP contribution in [0, 0.1) is 25.6 Å². The van der Waals surface area contributed by atoms with E-state index in [-0.39, 0.29) is 39.8 Å². The van der Waals surface area contributed by atoms with Crippen molar-refractivity contribution in [3.05, 3.63) is 93.9 Å². The summed E-state index contributed by atoms with van der Waals surface area (Å²) in [6, 6.07) is 15.5. The first kappa shape index (κ1) is 38.0. The number of likely N-dealkylation sites (tertiary alicyclic amines) is 1. The van der Waals surface area contributed by atoms with Crippen molar-refractivity contribution in [1.29, 1.82) is 0 Å². The van der Waals surface area contributed by atoms with Gasteiger partial charge < -0.3 is 29.9 Å². The topological polar surface area (TPSA) is 112 Å². The van der Waals surface area contributed by atoms with Crippen molar-refractivity contribution in [1.82, 2.24) is 24.7 Å². The highest BCUT2D eigenvalue weighted by atomic mass is 35.5. The molecule has 0 bridgehead atoms. The molecule has 2 aliphatic heterocycles. The molecule has 53 heavy (non-hydrogen) atoms. The predicted molar refractivity (Wildman–Crippen MR) is 205 cm³/mol. The van der Waals surface area contributed by atoms with Gasteiger partial charge >= 0.3 is 0 Å². The minimum atomic E-state index is -0.525. The number of nitrogens with zero attached hydrogens (tertiary/aromatic N) is 5. The molecular weight excluding hydrogens is 697 g/mol. The minimum Gasteiger partial charge on any atom is -0.490 e. The third-order valence-electron chi connectivity index (χ3n) is 9.82. The summed E-state index contributed by atoms with van der Waals surface area (Å²) >= 11 is 6.69. The maximum Gasteiger partial charge on any atom is 0.262 e. The number of aromatic nitrogens is 2. The second-order valence-electron chi connectivity index (χ2n) is 14.2. The fraction of sp³-hybridized carbons (Fsp3) is 0.400. The van der Waals surface area contributed by atoms with E-state index >= 15 is 4.39 Å².